The summed E-state index contributed by atoms with van der Waals surface area (Å²) in [6, 6.07) is 15.7. The molecule has 3 heterocycles. The second-order valence-corrected chi connectivity index (χ2v) is 6.04. The predicted molar refractivity (Wildman–Crippen MR) is 103 cm³/mol. The number of anilines is 2. The summed E-state index contributed by atoms with van der Waals surface area (Å²) in [6.07, 6.45) is 5.75. The molecule has 3 aromatic heterocycles. The molecule has 0 aliphatic rings. The average Bonchev–Trinajstić information content (AvgIpc) is 3.17. The molecule has 0 unspecified atom stereocenters. The molecule has 4 rings (SSSR count). The molecule has 0 spiro atoms. The minimum Gasteiger partial charge on any atom is -0.383 e. The largest absolute Gasteiger partial charge is 0.383 e. The van der Waals surface area contributed by atoms with Crippen LogP contribution in [0.4, 0.5) is 11.8 Å². The van der Waals surface area contributed by atoms with Crippen LogP contribution in [0.5, 0.6) is 0 Å². The zero-order chi connectivity index (χ0) is 18.5. The maximum absolute atomic E-state index is 5.89. The van der Waals surface area contributed by atoms with Crippen LogP contribution in [-0.4, -0.2) is 20.1 Å². The van der Waals surface area contributed by atoms with Gasteiger partial charge in [0.05, 0.1) is 11.3 Å². The summed E-state index contributed by atoms with van der Waals surface area (Å²) in [5.41, 5.74) is 9.78. The van der Waals surface area contributed by atoms with E-state index in [1.54, 1.807) is 24.7 Å². The summed E-state index contributed by atoms with van der Waals surface area (Å²) >= 11 is 0. The number of hydrogen-bond donors (Lipinski definition) is 2. The molecular weight excluding hydrogens is 340 g/mol. The molecule has 0 saturated carbocycles. The van der Waals surface area contributed by atoms with Crippen molar-refractivity contribution in [1.29, 1.82) is 0 Å². The molecular formula is C20H18N6O. The van der Waals surface area contributed by atoms with Crippen molar-refractivity contribution in [2.24, 2.45) is 0 Å². The molecule has 0 atom stereocenters. The van der Waals surface area contributed by atoms with Gasteiger partial charge >= 0.3 is 0 Å². The van der Waals surface area contributed by atoms with Crippen LogP contribution in [0.2, 0.25) is 0 Å². The number of hydrogen-bond acceptors (Lipinski definition) is 7. The third kappa shape index (κ3) is 4.09. The molecule has 3 N–H and O–H groups in total. The Balaban J connectivity index is 1.39. The first-order chi connectivity index (χ1) is 13.3. The number of benzene rings is 1. The Bertz CT molecular complexity index is 1010. The van der Waals surface area contributed by atoms with E-state index in [2.05, 4.69) is 49.7 Å². The normalized spacial score (nSPS) is 10.7. The van der Waals surface area contributed by atoms with Crippen molar-refractivity contribution in [2.45, 2.75) is 13.0 Å². The van der Waals surface area contributed by atoms with Crippen molar-refractivity contribution >= 4 is 11.8 Å². The van der Waals surface area contributed by atoms with E-state index in [4.69, 9.17) is 10.3 Å². The van der Waals surface area contributed by atoms with Crippen molar-refractivity contribution < 1.29 is 4.52 Å². The number of aromatic nitrogens is 4. The Labute approximate surface area is 156 Å². The number of nitrogens with one attached hydrogen (secondary N) is 1. The van der Waals surface area contributed by atoms with Gasteiger partial charge in [-0.15, -0.1) is 0 Å². The first kappa shape index (κ1) is 16.7. The highest BCUT2D eigenvalue weighted by molar-refractivity contribution is 5.69. The molecule has 7 nitrogen and oxygen atoms in total. The number of rotatable bonds is 6. The summed E-state index contributed by atoms with van der Waals surface area (Å²) in [5.74, 6) is 1.67. The van der Waals surface area contributed by atoms with Gasteiger partial charge in [0, 0.05) is 37.6 Å². The van der Waals surface area contributed by atoms with E-state index < -0.39 is 0 Å². The second-order valence-electron chi connectivity index (χ2n) is 6.04. The molecule has 0 bridgehead atoms. The molecule has 27 heavy (non-hydrogen) atoms. The minimum absolute atomic E-state index is 0.430. The quantitative estimate of drug-likeness (QED) is 0.545. The lowest BCUT2D eigenvalue weighted by molar-refractivity contribution is 0.425. The van der Waals surface area contributed by atoms with Crippen molar-refractivity contribution in [1.82, 2.24) is 20.1 Å². The fourth-order valence-corrected chi connectivity index (χ4v) is 2.70. The average molecular weight is 358 g/mol. The number of nitrogen functional groups attached to an aromatic ring is 1. The third-order valence-electron chi connectivity index (χ3n) is 4.09. The van der Waals surface area contributed by atoms with E-state index in [1.807, 2.05) is 18.2 Å². The molecule has 0 fully saturated rings. The third-order valence-corrected chi connectivity index (χ3v) is 4.09. The van der Waals surface area contributed by atoms with Crippen LogP contribution < -0.4 is 11.1 Å². The summed E-state index contributed by atoms with van der Waals surface area (Å²) in [5, 5.41) is 7.33. The maximum Gasteiger partial charge on any atom is 0.222 e. The lowest BCUT2D eigenvalue weighted by Gasteiger charge is -2.05. The predicted octanol–water partition coefficient (Wildman–Crippen LogP) is 3.31. The van der Waals surface area contributed by atoms with E-state index in [1.165, 1.54) is 0 Å². The summed E-state index contributed by atoms with van der Waals surface area (Å²) in [4.78, 5) is 12.4. The molecule has 0 saturated heterocycles. The molecule has 0 aliphatic heterocycles. The van der Waals surface area contributed by atoms with Crippen LogP contribution >= 0.6 is 0 Å². The lowest BCUT2D eigenvalue weighted by Crippen LogP contribution is -2.02. The van der Waals surface area contributed by atoms with Gasteiger partial charge in [-0.1, -0.05) is 29.4 Å². The smallest absolute Gasteiger partial charge is 0.222 e. The van der Waals surface area contributed by atoms with Crippen LogP contribution in [0.1, 0.15) is 16.8 Å². The zero-order valence-corrected chi connectivity index (χ0v) is 14.5. The van der Waals surface area contributed by atoms with Gasteiger partial charge in [0.2, 0.25) is 5.95 Å². The minimum atomic E-state index is 0.430. The van der Waals surface area contributed by atoms with Crippen molar-refractivity contribution in [3.05, 3.63) is 83.9 Å². The highest BCUT2D eigenvalue weighted by Gasteiger charge is 2.10. The fourth-order valence-electron chi connectivity index (χ4n) is 2.70. The summed E-state index contributed by atoms with van der Waals surface area (Å²) in [6.45, 7) is 0.665. The van der Waals surface area contributed by atoms with Crippen LogP contribution in [0.3, 0.4) is 0 Å². The topological polar surface area (TPSA) is 103 Å². The Hall–Kier alpha value is -3.74. The van der Waals surface area contributed by atoms with Crippen LogP contribution in [-0.2, 0) is 13.0 Å². The molecule has 7 heteroatoms. The number of nitrogens with two attached hydrogens (primary N) is 1. The fraction of sp³-hybridized carbons (Fsp3) is 0.100. The number of nitrogens with zero attached hydrogens (tertiary/aromatic N) is 4. The van der Waals surface area contributed by atoms with Crippen molar-refractivity contribution in [3.63, 3.8) is 0 Å². The lowest BCUT2D eigenvalue weighted by atomic mass is 10.1. The maximum atomic E-state index is 5.89. The zero-order valence-electron chi connectivity index (χ0n) is 14.5. The van der Waals surface area contributed by atoms with Gasteiger partial charge in [0.25, 0.3) is 0 Å². The highest BCUT2D eigenvalue weighted by atomic mass is 16.5. The molecule has 134 valence electrons. The van der Waals surface area contributed by atoms with Gasteiger partial charge in [-0.3, -0.25) is 0 Å². The van der Waals surface area contributed by atoms with Gasteiger partial charge in [-0.25, -0.2) is 15.0 Å². The Kier molecular flexibility index (Phi) is 4.74. The molecule has 0 radical (unpaired) electrons. The van der Waals surface area contributed by atoms with Crippen LogP contribution in [0.25, 0.3) is 11.3 Å². The first-order valence-electron chi connectivity index (χ1n) is 8.53. The monoisotopic (exact) mass is 358 g/mol. The van der Waals surface area contributed by atoms with E-state index in [0.717, 1.165) is 22.4 Å². The van der Waals surface area contributed by atoms with Crippen LogP contribution in [0, 0.1) is 0 Å². The van der Waals surface area contributed by atoms with E-state index in [9.17, 15) is 0 Å². The van der Waals surface area contributed by atoms with E-state index >= 15 is 0 Å². The SMILES string of the molecule is Nc1ncccc1-c1cc(Cc2ccc(CNc3ncccn3)cc2)no1. The molecule has 4 aromatic rings. The first-order valence-corrected chi connectivity index (χ1v) is 8.53. The molecule has 0 amide bonds. The van der Waals surface area contributed by atoms with Gasteiger partial charge in [0.15, 0.2) is 5.76 Å². The highest BCUT2D eigenvalue weighted by Crippen LogP contribution is 2.25. The van der Waals surface area contributed by atoms with Gasteiger partial charge in [0.1, 0.15) is 5.82 Å². The van der Waals surface area contributed by atoms with Crippen molar-refractivity contribution in [3.8, 4) is 11.3 Å². The Morgan fingerprint density at radius 3 is 2.41 bits per heavy atom. The number of pyridine rings is 1. The van der Waals surface area contributed by atoms with Gasteiger partial charge < -0.3 is 15.6 Å². The van der Waals surface area contributed by atoms with Crippen molar-refractivity contribution in [2.75, 3.05) is 11.1 Å². The van der Waals surface area contributed by atoms with Gasteiger partial charge in [-0.2, -0.15) is 0 Å². The standard InChI is InChI=1S/C20H18N6O/c21-19-17(3-1-8-22-19)18-12-16(26-27-18)11-14-4-6-15(7-5-14)13-25-20-23-9-2-10-24-20/h1-10,12H,11,13H2,(H2,21,22)(H,23,24,25). The molecule has 0 aliphatic carbocycles. The molecule has 1 aromatic carbocycles. The summed E-state index contributed by atoms with van der Waals surface area (Å²) in [7, 11) is 0. The van der Waals surface area contributed by atoms with Gasteiger partial charge in [-0.05, 0) is 29.3 Å². The Morgan fingerprint density at radius 1 is 0.889 bits per heavy atom. The van der Waals surface area contributed by atoms with E-state index in [-0.39, 0.29) is 0 Å². The summed E-state index contributed by atoms with van der Waals surface area (Å²) < 4.78 is 5.42. The second kappa shape index (κ2) is 7.65. The van der Waals surface area contributed by atoms with Crippen LogP contribution in [0.15, 0.2) is 71.6 Å². The van der Waals surface area contributed by atoms with E-state index in [0.29, 0.717) is 30.5 Å². The Morgan fingerprint density at radius 2 is 1.63 bits per heavy atom.